The van der Waals surface area contributed by atoms with Gasteiger partial charge < -0.3 is 9.26 Å². The van der Waals surface area contributed by atoms with Gasteiger partial charge >= 0.3 is 5.97 Å². The molecule has 0 spiro atoms. The van der Waals surface area contributed by atoms with E-state index in [1.807, 2.05) is 34.6 Å². The number of aromatic nitrogens is 2. The maximum Gasteiger partial charge on any atom is 0.307 e. The Morgan fingerprint density at radius 3 is 2.29 bits per heavy atom. The van der Waals surface area contributed by atoms with Crippen LogP contribution in [0.1, 0.15) is 52.8 Å². The van der Waals surface area contributed by atoms with Crippen LogP contribution in [0, 0.1) is 6.92 Å². The van der Waals surface area contributed by atoms with Gasteiger partial charge in [0.2, 0.25) is 5.89 Å². The van der Waals surface area contributed by atoms with Crippen molar-refractivity contribution in [3.05, 3.63) is 11.7 Å². The molecule has 0 saturated heterocycles. The average Bonchev–Trinajstić information content (AvgIpc) is 2.46. The summed E-state index contributed by atoms with van der Waals surface area (Å²) in [5.41, 5.74) is -0.958. The maximum absolute atomic E-state index is 11.7. The van der Waals surface area contributed by atoms with Crippen molar-refractivity contribution in [1.29, 1.82) is 0 Å². The van der Waals surface area contributed by atoms with Gasteiger partial charge in [-0.2, -0.15) is 4.98 Å². The second-order valence-corrected chi connectivity index (χ2v) is 5.78. The van der Waals surface area contributed by atoms with Gasteiger partial charge in [-0.05, 0) is 20.8 Å². The highest BCUT2D eigenvalue weighted by atomic mass is 16.6. The molecular weight excluding hydrogens is 220 g/mol. The molecule has 0 bridgehead atoms. The molecule has 5 heteroatoms. The molecular formula is C12H20N2O3. The van der Waals surface area contributed by atoms with E-state index in [1.54, 1.807) is 6.92 Å². The molecule has 0 amide bonds. The minimum absolute atomic E-state index is 0.225. The second-order valence-electron chi connectivity index (χ2n) is 5.78. The van der Waals surface area contributed by atoms with Gasteiger partial charge in [-0.1, -0.05) is 19.0 Å². The van der Waals surface area contributed by atoms with Gasteiger partial charge in [0.15, 0.2) is 5.82 Å². The van der Waals surface area contributed by atoms with Crippen LogP contribution in [0.3, 0.4) is 0 Å². The van der Waals surface area contributed by atoms with E-state index >= 15 is 0 Å². The number of carbonyl (C=O) groups is 1. The number of hydrogen-bond acceptors (Lipinski definition) is 5. The second kappa shape index (κ2) is 4.47. The molecule has 0 fully saturated rings. The summed E-state index contributed by atoms with van der Waals surface area (Å²) in [6.07, 6.45) is 0.225. The highest BCUT2D eigenvalue weighted by molar-refractivity contribution is 5.71. The van der Waals surface area contributed by atoms with Crippen LogP contribution >= 0.6 is 0 Å². The van der Waals surface area contributed by atoms with Gasteiger partial charge in [0.1, 0.15) is 5.60 Å². The molecule has 1 aromatic rings. The molecule has 17 heavy (non-hydrogen) atoms. The van der Waals surface area contributed by atoms with E-state index in [0.717, 1.165) is 0 Å². The monoisotopic (exact) mass is 240 g/mol. The third-order valence-electron chi connectivity index (χ3n) is 2.14. The molecule has 0 saturated carbocycles. The first kappa shape index (κ1) is 13.7. The molecule has 5 nitrogen and oxygen atoms in total. The highest BCUT2D eigenvalue weighted by Gasteiger charge is 2.31. The van der Waals surface area contributed by atoms with Crippen LogP contribution in [0.5, 0.6) is 0 Å². The largest absolute Gasteiger partial charge is 0.460 e. The topological polar surface area (TPSA) is 65.2 Å². The Bertz CT molecular complexity index is 402. The van der Waals surface area contributed by atoms with Gasteiger partial charge in [-0.3, -0.25) is 4.79 Å². The van der Waals surface area contributed by atoms with Gasteiger partial charge in [0.25, 0.3) is 0 Å². The molecule has 0 aliphatic carbocycles. The van der Waals surface area contributed by atoms with Gasteiger partial charge in [0.05, 0.1) is 6.42 Å². The zero-order valence-electron chi connectivity index (χ0n) is 11.3. The lowest BCUT2D eigenvalue weighted by Gasteiger charge is -2.24. The lowest BCUT2D eigenvalue weighted by Crippen LogP contribution is -2.30. The summed E-state index contributed by atoms with van der Waals surface area (Å²) in [4.78, 5) is 15.9. The highest BCUT2D eigenvalue weighted by Crippen LogP contribution is 2.25. The van der Waals surface area contributed by atoms with Crippen molar-refractivity contribution < 1.29 is 14.1 Å². The van der Waals surface area contributed by atoms with Crippen LogP contribution in [0.2, 0.25) is 0 Å². The Labute approximate surface area is 102 Å². The lowest BCUT2D eigenvalue weighted by atomic mass is 9.88. The number of aryl methyl sites for hydroxylation is 1. The third kappa shape index (κ3) is 4.17. The number of nitrogens with zero attached hydrogens (tertiary/aromatic N) is 2. The van der Waals surface area contributed by atoms with E-state index in [1.165, 1.54) is 0 Å². The first-order chi connectivity index (χ1) is 7.60. The third-order valence-corrected chi connectivity index (χ3v) is 2.14. The normalized spacial score (nSPS) is 12.6. The van der Waals surface area contributed by atoms with E-state index in [-0.39, 0.29) is 12.4 Å². The molecule has 0 atom stereocenters. The number of carbonyl (C=O) groups excluding carboxylic acids is 1. The molecule has 1 aromatic heterocycles. The molecule has 0 N–H and O–H groups in total. The smallest absolute Gasteiger partial charge is 0.307 e. The maximum atomic E-state index is 11.7. The molecule has 1 heterocycles. The van der Waals surface area contributed by atoms with Crippen molar-refractivity contribution in [2.75, 3.05) is 0 Å². The summed E-state index contributed by atoms with van der Waals surface area (Å²) in [6, 6.07) is 0. The van der Waals surface area contributed by atoms with Crippen LogP contribution in [0.4, 0.5) is 0 Å². The SMILES string of the molecule is Cc1nc(C(C)(C)CC(=O)OC(C)(C)C)no1. The van der Waals surface area contributed by atoms with Crippen LogP contribution in [0.25, 0.3) is 0 Å². The fourth-order valence-corrected chi connectivity index (χ4v) is 1.39. The Morgan fingerprint density at radius 2 is 1.88 bits per heavy atom. The van der Waals surface area contributed by atoms with Crippen molar-refractivity contribution in [3.63, 3.8) is 0 Å². The summed E-state index contributed by atoms with van der Waals surface area (Å²) in [5.74, 6) is 0.767. The van der Waals surface area contributed by atoms with Crippen molar-refractivity contribution in [3.8, 4) is 0 Å². The number of rotatable bonds is 3. The first-order valence-electron chi connectivity index (χ1n) is 5.63. The fourth-order valence-electron chi connectivity index (χ4n) is 1.39. The molecule has 0 radical (unpaired) electrons. The predicted octanol–water partition coefficient (Wildman–Crippen LogP) is 2.39. The molecule has 96 valence electrons. The Kier molecular flexibility index (Phi) is 3.59. The van der Waals surface area contributed by atoms with Gasteiger partial charge in [-0.25, -0.2) is 0 Å². The fraction of sp³-hybridized carbons (Fsp3) is 0.750. The molecule has 0 unspecified atom stereocenters. The first-order valence-corrected chi connectivity index (χ1v) is 5.63. The van der Waals surface area contributed by atoms with E-state index < -0.39 is 11.0 Å². The van der Waals surface area contributed by atoms with Gasteiger partial charge in [0, 0.05) is 12.3 Å². The molecule has 0 aromatic carbocycles. The lowest BCUT2D eigenvalue weighted by molar-refractivity contribution is -0.156. The predicted molar refractivity (Wildman–Crippen MR) is 62.5 cm³/mol. The minimum Gasteiger partial charge on any atom is -0.460 e. The number of hydrogen-bond donors (Lipinski definition) is 0. The molecule has 1 rings (SSSR count). The number of esters is 1. The Balaban J connectivity index is 2.70. The van der Waals surface area contributed by atoms with E-state index in [9.17, 15) is 4.79 Å². The summed E-state index contributed by atoms with van der Waals surface area (Å²) in [7, 11) is 0. The minimum atomic E-state index is -0.486. The quantitative estimate of drug-likeness (QED) is 0.759. The standard InChI is InChI=1S/C12H20N2O3/c1-8-13-10(14-17-8)12(5,6)7-9(15)16-11(2,3)4/h7H2,1-6H3. The van der Waals surface area contributed by atoms with Crippen molar-refractivity contribution >= 4 is 5.97 Å². The summed E-state index contributed by atoms with van der Waals surface area (Å²) in [6.45, 7) is 11.0. The zero-order valence-corrected chi connectivity index (χ0v) is 11.3. The van der Waals surface area contributed by atoms with E-state index in [2.05, 4.69) is 10.1 Å². The zero-order chi connectivity index (χ0) is 13.3. The Hall–Kier alpha value is -1.39. The van der Waals surface area contributed by atoms with Crippen molar-refractivity contribution in [2.45, 2.75) is 59.0 Å². The van der Waals surface area contributed by atoms with Crippen LogP contribution < -0.4 is 0 Å². The summed E-state index contributed by atoms with van der Waals surface area (Å²) >= 11 is 0. The van der Waals surface area contributed by atoms with Gasteiger partial charge in [-0.15, -0.1) is 0 Å². The summed E-state index contributed by atoms with van der Waals surface area (Å²) < 4.78 is 10.2. The van der Waals surface area contributed by atoms with Crippen molar-refractivity contribution in [1.82, 2.24) is 10.1 Å². The van der Waals surface area contributed by atoms with Crippen LogP contribution in [-0.4, -0.2) is 21.7 Å². The number of ether oxygens (including phenoxy) is 1. The average molecular weight is 240 g/mol. The molecule has 0 aliphatic rings. The molecule has 0 aliphatic heterocycles. The van der Waals surface area contributed by atoms with E-state index in [4.69, 9.17) is 9.26 Å². The van der Waals surface area contributed by atoms with Crippen molar-refractivity contribution in [2.24, 2.45) is 0 Å². The van der Waals surface area contributed by atoms with Crippen LogP contribution in [-0.2, 0) is 14.9 Å². The Morgan fingerprint density at radius 1 is 1.29 bits per heavy atom. The summed E-state index contributed by atoms with van der Waals surface area (Å²) in [5, 5.41) is 3.84. The van der Waals surface area contributed by atoms with Crippen LogP contribution in [0.15, 0.2) is 4.52 Å². The van der Waals surface area contributed by atoms with E-state index in [0.29, 0.717) is 11.7 Å².